The third-order valence-electron chi connectivity index (χ3n) is 11.4. The van der Waals surface area contributed by atoms with Gasteiger partial charge in [0.25, 0.3) is 0 Å². The lowest BCUT2D eigenvalue weighted by atomic mass is 9.89. The van der Waals surface area contributed by atoms with Crippen molar-refractivity contribution in [2.75, 3.05) is 0 Å². The summed E-state index contributed by atoms with van der Waals surface area (Å²) < 4.78 is 4.92. The molecule has 9 aromatic carbocycles. The summed E-state index contributed by atoms with van der Waals surface area (Å²) in [7, 11) is 0. The van der Waals surface area contributed by atoms with Crippen molar-refractivity contribution in [3.63, 3.8) is 0 Å². The summed E-state index contributed by atoms with van der Waals surface area (Å²) in [5.41, 5.74) is 16.8. The van der Waals surface area contributed by atoms with Gasteiger partial charge in [-0.25, -0.2) is 0 Å². The molecule has 0 spiro atoms. The van der Waals surface area contributed by atoms with Gasteiger partial charge in [-0.15, -0.1) is 11.3 Å². The van der Waals surface area contributed by atoms with Crippen molar-refractivity contribution < 1.29 is 0 Å². The third kappa shape index (κ3) is 6.21. The summed E-state index contributed by atoms with van der Waals surface area (Å²) in [5.74, 6) is 0. The quantitative estimate of drug-likeness (QED) is 0.153. The van der Waals surface area contributed by atoms with Crippen molar-refractivity contribution in [2.24, 2.45) is 0 Å². The van der Waals surface area contributed by atoms with Crippen LogP contribution in [0.1, 0.15) is 0 Å². The maximum atomic E-state index is 2.40. The maximum Gasteiger partial charge on any atom is 0.0528 e. The van der Waals surface area contributed by atoms with Crippen LogP contribution < -0.4 is 0 Å². The number of aromatic nitrogens is 1. The highest BCUT2D eigenvalue weighted by atomic mass is 32.1. The van der Waals surface area contributed by atoms with E-state index >= 15 is 0 Å². The molecule has 2 heteroatoms. The summed E-state index contributed by atoms with van der Waals surface area (Å²) in [6.07, 6.45) is 2.19. The van der Waals surface area contributed by atoms with Gasteiger partial charge in [0.15, 0.2) is 0 Å². The first kappa shape index (κ1) is 34.0. The lowest BCUT2D eigenvalue weighted by Crippen LogP contribution is -1.92. The van der Waals surface area contributed by atoms with Gasteiger partial charge in [-0.3, -0.25) is 0 Å². The molecular formula is C56H37NS. The SMILES string of the molecule is c1ccc(-c2ccc(-n3ccc4cc(-c5cc(-c6cc(-c7ccccc7)cc(-c7ccccc7)c6)cc(-c6cccc7c6sc6ccccc67)c5)ccc43)cc2)cc1. The van der Waals surface area contributed by atoms with Crippen LogP contribution in [0.3, 0.4) is 0 Å². The number of rotatable bonds is 7. The Morgan fingerprint density at radius 3 is 1.43 bits per heavy atom. The molecule has 0 saturated heterocycles. The van der Waals surface area contributed by atoms with Crippen LogP contribution in [0, 0.1) is 0 Å². The summed E-state index contributed by atoms with van der Waals surface area (Å²) >= 11 is 1.89. The van der Waals surface area contributed by atoms with E-state index in [1.165, 1.54) is 97.8 Å². The van der Waals surface area contributed by atoms with E-state index in [2.05, 4.69) is 229 Å². The normalized spacial score (nSPS) is 11.4. The van der Waals surface area contributed by atoms with E-state index in [0.29, 0.717) is 0 Å². The van der Waals surface area contributed by atoms with Crippen LogP contribution in [0.15, 0.2) is 225 Å². The van der Waals surface area contributed by atoms with Crippen LogP contribution in [-0.4, -0.2) is 4.57 Å². The van der Waals surface area contributed by atoms with Crippen LogP contribution in [0.4, 0.5) is 0 Å². The number of fused-ring (bicyclic) bond motifs is 4. The molecule has 0 aliphatic rings. The number of thiophene rings is 1. The summed E-state index contributed by atoms with van der Waals surface area (Å²) in [4.78, 5) is 0. The monoisotopic (exact) mass is 755 g/mol. The minimum absolute atomic E-state index is 1.15. The first-order valence-electron chi connectivity index (χ1n) is 19.8. The zero-order chi connectivity index (χ0) is 38.4. The minimum atomic E-state index is 1.15. The van der Waals surface area contributed by atoms with Crippen LogP contribution in [0.5, 0.6) is 0 Å². The largest absolute Gasteiger partial charge is 0.317 e. The van der Waals surface area contributed by atoms with E-state index in [4.69, 9.17) is 0 Å². The molecule has 0 fully saturated rings. The highest BCUT2D eigenvalue weighted by molar-refractivity contribution is 7.26. The second-order valence-electron chi connectivity index (χ2n) is 15.0. The van der Waals surface area contributed by atoms with Crippen molar-refractivity contribution in [1.82, 2.24) is 4.57 Å². The smallest absolute Gasteiger partial charge is 0.0528 e. The molecule has 0 saturated carbocycles. The van der Waals surface area contributed by atoms with E-state index in [1.54, 1.807) is 0 Å². The predicted molar refractivity (Wildman–Crippen MR) is 249 cm³/mol. The predicted octanol–water partition coefficient (Wildman–Crippen LogP) is 16.0. The fourth-order valence-electron chi connectivity index (χ4n) is 8.47. The van der Waals surface area contributed by atoms with Crippen molar-refractivity contribution in [2.45, 2.75) is 0 Å². The Bertz CT molecular complexity index is 3190. The Balaban J connectivity index is 1.08. The molecule has 0 bridgehead atoms. The molecule has 2 heterocycles. The molecular weight excluding hydrogens is 719 g/mol. The first-order valence-corrected chi connectivity index (χ1v) is 20.6. The topological polar surface area (TPSA) is 4.93 Å². The number of benzene rings is 9. The first-order chi connectivity index (χ1) is 28.7. The molecule has 0 amide bonds. The van der Waals surface area contributed by atoms with Gasteiger partial charge in [-0.1, -0.05) is 146 Å². The van der Waals surface area contributed by atoms with Crippen molar-refractivity contribution in [3.05, 3.63) is 225 Å². The zero-order valence-electron chi connectivity index (χ0n) is 31.7. The van der Waals surface area contributed by atoms with Gasteiger partial charge >= 0.3 is 0 Å². The van der Waals surface area contributed by atoms with E-state index < -0.39 is 0 Å². The molecule has 272 valence electrons. The average Bonchev–Trinajstić information content (AvgIpc) is 3.91. The van der Waals surface area contributed by atoms with E-state index in [0.717, 1.165) is 5.69 Å². The second kappa shape index (κ2) is 14.4. The van der Waals surface area contributed by atoms with E-state index in [-0.39, 0.29) is 0 Å². The molecule has 58 heavy (non-hydrogen) atoms. The Labute approximate surface area is 342 Å². The van der Waals surface area contributed by atoms with E-state index in [1.807, 2.05) is 11.3 Å². The fourth-order valence-corrected chi connectivity index (χ4v) is 9.71. The van der Waals surface area contributed by atoms with Crippen LogP contribution in [0.25, 0.3) is 104 Å². The van der Waals surface area contributed by atoms with Gasteiger partial charge < -0.3 is 4.57 Å². The summed E-state index contributed by atoms with van der Waals surface area (Å²) in [6.45, 7) is 0. The number of hydrogen-bond donors (Lipinski definition) is 0. The molecule has 11 rings (SSSR count). The maximum absolute atomic E-state index is 2.40. The van der Waals surface area contributed by atoms with Crippen molar-refractivity contribution >= 4 is 42.4 Å². The summed E-state index contributed by atoms with van der Waals surface area (Å²) in [6, 6.07) is 79.8. The number of hydrogen-bond acceptors (Lipinski definition) is 1. The Morgan fingerprint density at radius 2 is 0.793 bits per heavy atom. The van der Waals surface area contributed by atoms with Crippen LogP contribution in [0.2, 0.25) is 0 Å². The van der Waals surface area contributed by atoms with Crippen LogP contribution in [-0.2, 0) is 0 Å². The molecule has 0 aliphatic carbocycles. The molecule has 11 aromatic rings. The number of nitrogens with zero attached hydrogens (tertiary/aromatic N) is 1. The third-order valence-corrected chi connectivity index (χ3v) is 12.6. The highest BCUT2D eigenvalue weighted by Gasteiger charge is 2.16. The molecule has 0 aliphatic heterocycles. The Kier molecular flexibility index (Phi) is 8.42. The minimum Gasteiger partial charge on any atom is -0.317 e. The van der Waals surface area contributed by atoms with Crippen LogP contribution >= 0.6 is 11.3 Å². The summed E-state index contributed by atoms with van der Waals surface area (Å²) in [5, 5.41) is 3.83. The molecule has 1 nitrogen and oxygen atoms in total. The molecule has 0 N–H and O–H groups in total. The molecule has 0 radical (unpaired) electrons. The standard InChI is InChI=1S/C56H37NS/c1-4-13-38(14-5-1)41-23-26-50(27-24-41)57-30-29-43-31-42(25-28-54(43)57)46-35-48(37-49(36-46)51-20-12-21-53-52-19-10-11-22-55(52)58-56(51)53)47-33-44(39-15-6-2-7-16-39)32-45(34-47)40-17-8-3-9-18-40/h1-37H. The fraction of sp³-hybridized carbons (Fsp3) is 0. The molecule has 0 atom stereocenters. The van der Waals surface area contributed by atoms with Gasteiger partial charge in [0.1, 0.15) is 0 Å². The zero-order valence-corrected chi connectivity index (χ0v) is 32.5. The molecule has 2 aromatic heterocycles. The Hall–Kier alpha value is -7.26. The van der Waals surface area contributed by atoms with Gasteiger partial charge in [0.2, 0.25) is 0 Å². The van der Waals surface area contributed by atoms with Gasteiger partial charge in [0.05, 0.1) is 5.52 Å². The molecule has 0 unspecified atom stereocenters. The lowest BCUT2D eigenvalue weighted by Gasteiger charge is -2.15. The van der Waals surface area contributed by atoms with Gasteiger partial charge in [-0.2, -0.15) is 0 Å². The van der Waals surface area contributed by atoms with Gasteiger partial charge in [0, 0.05) is 37.4 Å². The van der Waals surface area contributed by atoms with Crippen molar-refractivity contribution in [1.29, 1.82) is 0 Å². The van der Waals surface area contributed by atoms with Crippen molar-refractivity contribution in [3.8, 4) is 72.4 Å². The van der Waals surface area contributed by atoms with Gasteiger partial charge in [-0.05, 0) is 140 Å². The highest BCUT2D eigenvalue weighted by Crippen LogP contribution is 2.43. The van der Waals surface area contributed by atoms with E-state index in [9.17, 15) is 0 Å². The lowest BCUT2D eigenvalue weighted by molar-refractivity contribution is 1.13. The Morgan fingerprint density at radius 1 is 0.310 bits per heavy atom. The second-order valence-corrected chi connectivity index (χ2v) is 16.0. The average molecular weight is 756 g/mol.